The van der Waals surface area contributed by atoms with E-state index >= 15 is 0 Å². The first-order chi connectivity index (χ1) is 18.2. The van der Waals surface area contributed by atoms with Crippen LogP contribution in [0, 0.1) is 0 Å². The van der Waals surface area contributed by atoms with Gasteiger partial charge in [-0.3, -0.25) is 9.59 Å². The van der Waals surface area contributed by atoms with Gasteiger partial charge in [0, 0.05) is 11.1 Å². The second-order valence-corrected chi connectivity index (χ2v) is 10.1. The molecule has 0 aromatic heterocycles. The lowest BCUT2D eigenvalue weighted by Crippen LogP contribution is -3.30. The van der Waals surface area contributed by atoms with Crippen molar-refractivity contribution in [2.75, 3.05) is 37.7 Å². The molecular formula is C31H37N3O3+2. The van der Waals surface area contributed by atoms with Gasteiger partial charge in [0.05, 0.1) is 18.7 Å². The number of hydrogen-bond acceptors (Lipinski definition) is 3. The molecule has 0 saturated carbocycles. The third-order valence-corrected chi connectivity index (χ3v) is 7.71. The summed E-state index contributed by atoms with van der Waals surface area (Å²) in [6, 6.07) is 28.7. The minimum atomic E-state index is -0.304. The van der Waals surface area contributed by atoms with E-state index in [-0.39, 0.29) is 30.3 Å². The van der Waals surface area contributed by atoms with Crippen LogP contribution in [-0.4, -0.2) is 50.6 Å². The van der Waals surface area contributed by atoms with Gasteiger partial charge >= 0.3 is 0 Å². The molecule has 2 aliphatic rings. The SMILES string of the molecule is CCCCOc1ccc(N2C(=O)C[C@@H]([NH+]3CC[NH+](C(c4ccccc4)c4ccccc4)CC3)C2=O)cc1. The predicted molar refractivity (Wildman–Crippen MR) is 144 cm³/mol. The Kier molecular flexibility index (Phi) is 7.97. The molecule has 2 N–H and O–H groups in total. The second kappa shape index (κ2) is 11.7. The van der Waals surface area contributed by atoms with Gasteiger partial charge in [0.15, 0.2) is 6.04 Å². The van der Waals surface area contributed by atoms with Crippen molar-refractivity contribution in [2.24, 2.45) is 0 Å². The van der Waals surface area contributed by atoms with E-state index < -0.39 is 0 Å². The van der Waals surface area contributed by atoms with Gasteiger partial charge in [-0.1, -0.05) is 74.0 Å². The lowest BCUT2D eigenvalue weighted by molar-refractivity contribution is -1.03. The molecule has 0 bridgehead atoms. The number of carbonyl (C=O) groups is 2. The number of unbranched alkanes of at least 4 members (excludes halogenated alkanes) is 1. The first kappa shape index (κ1) is 25.2. The molecule has 2 heterocycles. The van der Waals surface area contributed by atoms with Crippen molar-refractivity contribution >= 4 is 17.5 Å². The predicted octanol–water partition coefficient (Wildman–Crippen LogP) is 2.07. The van der Waals surface area contributed by atoms with Crippen molar-refractivity contribution < 1.29 is 24.1 Å². The lowest BCUT2D eigenvalue weighted by Gasteiger charge is -2.36. The van der Waals surface area contributed by atoms with E-state index in [0.717, 1.165) is 44.8 Å². The van der Waals surface area contributed by atoms with E-state index in [9.17, 15) is 9.59 Å². The summed E-state index contributed by atoms with van der Waals surface area (Å²) in [5.74, 6) is 0.582. The Morgan fingerprint density at radius 3 is 2.00 bits per heavy atom. The standard InChI is InChI=1S/C31H35N3O3/c1-2-3-22-37-27-16-14-26(15-17-27)34-29(35)23-28(31(34)36)32-18-20-33(21-19-32)30(24-10-6-4-7-11-24)25-12-8-5-9-13-25/h4-17,28,30H,2-3,18-23H2,1H3/p+2/t28-/m1/s1. The fraction of sp³-hybridized carbons (Fsp3) is 0.355. The number of rotatable bonds is 9. The molecule has 3 aromatic carbocycles. The summed E-state index contributed by atoms with van der Waals surface area (Å²) < 4.78 is 5.73. The van der Waals surface area contributed by atoms with Crippen LogP contribution in [0.2, 0.25) is 0 Å². The molecule has 2 aliphatic heterocycles. The van der Waals surface area contributed by atoms with Crippen LogP contribution >= 0.6 is 0 Å². The van der Waals surface area contributed by atoms with Crippen LogP contribution in [0.3, 0.4) is 0 Å². The molecule has 2 amide bonds. The summed E-state index contributed by atoms with van der Waals surface area (Å²) in [5.41, 5.74) is 3.26. The zero-order valence-electron chi connectivity index (χ0n) is 21.6. The van der Waals surface area contributed by atoms with E-state index in [0.29, 0.717) is 12.3 Å². The van der Waals surface area contributed by atoms with Crippen molar-refractivity contribution in [2.45, 2.75) is 38.3 Å². The Bertz CT molecular complexity index is 1140. The van der Waals surface area contributed by atoms with Crippen LogP contribution < -0.4 is 19.4 Å². The van der Waals surface area contributed by atoms with Gasteiger partial charge in [-0.15, -0.1) is 0 Å². The molecule has 1 atom stereocenters. The van der Waals surface area contributed by atoms with Crippen LogP contribution in [0.5, 0.6) is 5.75 Å². The quantitative estimate of drug-likeness (QED) is 0.350. The van der Waals surface area contributed by atoms with Gasteiger partial charge in [0.2, 0.25) is 5.91 Å². The largest absolute Gasteiger partial charge is 0.494 e. The highest BCUT2D eigenvalue weighted by Crippen LogP contribution is 2.25. The van der Waals surface area contributed by atoms with Crippen molar-refractivity contribution in [1.82, 2.24) is 0 Å². The molecule has 37 heavy (non-hydrogen) atoms. The zero-order chi connectivity index (χ0) is 25.6. The number of imide groups is 1. The maximum Gasteiger partial charge on any atom is 0.292 e. The number of carbonyl (C=O) groups excluding carboxylic acids is 2. The maximum atomic E-state index is 13.4. The highest BCUT2D eigenvalue weighted by Gasteiger charge is 2.47. The zero-order valence-corrected chi connectivity index (χ0v) is 21.6. The number of ether oxygens (including phenoxy) is 1. The number of nitrogens with zero attached hydrogens (tertiary/aromatic N) is 1. The lowest BCUT2D eigenvalue weighted by atomic mass is 9.96. The van der Waals surface area contributed by atoms with E-state index in [2.05, 4.69) is 67.6 Å². The number of hydrogen-bond donors (Lipinski definition) is 2. The summed E-state index contributed by atoms with van der Waals surface area (Å²) in [5, 5.41) is 0. The minimum absolute atomic E-state index is 0.0780. The van der Waals surface area contributed by atoms with Gasteiger partial charge in [-0.25, -0.2) is 4.90 Å². The molecule has 6 heteroatoms. The minimum Gasteiger partial charge on any atom is -0.494 e. The smallest absolute Gasteiger partial charge is 0.292 e. The molecule has 2 fully saturated rings. The molecule has 192 valence electrons. The molecule has 0 aliphatic carbocycles. The average molecular weight is 500 g/mol. The van der Waals surface area contributed by atoms with Crippen LogP contribution in [0.25, 0.3) is 0 Å². The third kappa shape index (κ3) is 5.60. The van der Waals surface area contributed by atoms with Crippen molar-refractivity contribution in [1.29, 1.82) is 0 Å². The number of quaternary nitrogens is 2. The highest BCUT2D eigenvalue weighted by molar-refractivity contribution is 6.21. The average Bonchev–Trinajstić information content (AvgIpc) is 3.24. The van der Waals surface area contributed by atoms with Crippen LogP contribution in [0.1, 0.15) is 43.4 Å². The fourth-order valence-corrected chi connectivity index (χ4v) is 5.73. The molecule has 2 saturated heterocycles. The number of piperazine rings is 1. The first-order valence-corrected chi connectivity index (χ1v) is 13.5. The first-order valence-electron chi connectivity index (χ1n) is 13.5. The third-order valence-electron chi connectivity index (χ3n) is 7.71. The van der Waals surface area contributed by atoms with E-state index in [4.69, 9.17) is 4.74 Å². The highest BCUT2D eigenvalue weighted by atomic mass is 16.5. The summed E-state index contributed by atoms with van der Waals surface area (Å²) in [7, 11) is 0. The summed E-state index contributed by atoms with van der Waals surface area (Å²) in [6.07, 6.45) is 2.36. The second-order valence-electron chi connectivity index (χ2n) is 10.1. The molecule has 0 radical (unpaired) electrons. The van der Waals surface area contributed by atoms with Gasteiger partial charge in [0.1, 0.15) is 38.0 Å². The van der Waals surface area contributed by atoms with Gasteiger partial charge in [0.25, 0.3) is 5.91 Å². The number of benzene rings is 3. The monoisotopic (exact) mass is 499 g/mol. The van der Waals surface area contributed by atoms with Crippen molar-refractivity contribution in [3.05, 3.63) is 96.1 Å². The number of amides is 2. The van der Waals surface area contributed by atoms with Crippen LogP contribution in [-0.2, 0) is 9.59 Å². The van der Waals surface area contributed by atoms with E-state index in [1.54, 1.807) is 0 Å². The summed E-state index contributed by atoms with van der Waals surface area (Å²) in [6.45, 7) is 6.44. The molecule has 0 unspecified atom stereocenters. The normalized spacial score (nSPS) is 22.0. The molecule has 5 rings (SSSR count). The van der Waals surface area contributed by atoms with Crippen molar-refractivity contribution in [3.63, 3.8) is 0 Å². The molecule has 6 nitrogen and oxygen atoms in total. The Hall–Kier alpha value is -3.48. The topological polar surface area (TPSA) is 55.5 Å². The Morgan fingerprint density at radius 2 is 1.43 bits per heavy atom. The van der Waals surface area contributed by atoms with Gasteiger partial charge in [-0.05, 0) is 30.7 Å². The number of anilines is 1. The number of nitrogens with one attached hydrogen (secondary N) is 2. The summed E-state index contributed by atoms with van der Waals surface area (Å²) >= 11 is 0. The molecular weight excluding hydrogens is 462 g/mol. The van der Waals surface area contributed by atoms with Crippen molar-refractivity contribution in [3.8, 4) is 5.75 Å². The van der Waals surface area contributed by atoms with Gasteiger partial charge in [-0.2, -0.15) is 0 Å². The van der Waals surface area contributed by atoms with E-state index in [1.807, 2.05) is 24.3 Å². The molecule has 3 aromatic rings. The van der Waals surface area contributed by atoms with Crippen LogP contribution in [0.15, 0.2) is 84.9 Å². The Labute approximate surface area is 219 Å². The Balaban J connectivity index is 1.24. The summed E-state index contributed by atoms with van der Waals surface area (Å²) in [4.78, 5) is 30.5. The fourth-order valence-electron chi connectivity index (χ4n) is 5.73. The molecule has 0 spiro atoms. The van der Waals surface area contributed by atoms with Gasteiger partial charge < -0.3 is 14.5 Å². The maximum absolute atomic E-state index is 13.4. The Morgan fingerprint density at radius 1 is 0.838 bits per heavy atom. The van der Waals surface area contributed by atoms with E-state index in [1.165, 1.54) is 25.8 Å². The van der Waals surface area contributed by atoms with Crippen LogP contribution in [0.4, 0.5) is 5.69 Å².